The third kappa shape index (κ3) is 3.63. The van der Waals surface area contributed by atoms with Crippen molar-refractivity contribution in [3.05, 3.63) is 59.9 Å². The van der Waals surface area contributed by atoms with Crippen LogP contribution in [-0.4, -0.2) is 32.7 Å². The molecule has 0 fully saturated rings. The maximum Gasteiger partial charge on any atom is 0.242 e. The quantitative estimate of drug-likeness (QED) is 0.746. The van der Waals surface area contributed by atoms with Crippen LogP contribution in [0.2, 0.25) is 0 Å². The predicted octanol–water partition coefficient (Wildman–Crippen LogP) is 3.17. The molecule has 1 heterocycles. The number of nitrogens with one attached hydrogen (secondary N) is 1. The molecule has 0 atom stereocenters. The van der Waals surface area contributed by atoms with Crippen LogP contribution in [0.25, 0.3) is 11.0 Å². The van der Waals surface area contributed by atoms with Crippen molar-refractivity contribution in [3.63, 3.8) is 0 Å². The van der Waals surface area contributed by atoms with Gasteiger partial charge in [-0.25, -0.2) is 12.7 Å². The van der Waals surface area contributed by atoms with Crippen LogP contribution in [0.5, 0.6) is 0 Å². The van der Waals surface area contributed by atoms with Crippen LogP contribution in [0, 0.1) is 6.92 Å². The molecule has 7 heteroatoms. The van der Waals surface area contributed by atoms with Gasteiger partial charge in [-0.2, -0.15) is 0 Å². The molecule has 0 bridgehead atoms. The Morgan fingerprint density at radius 1 is 1.12 bits per heavy atom. The lowest BCUT2D eigenvalue weighted by molar-refractivity contribution is -0.115. The number of amides is 1. The van der Waals surface area contributed by atoms with Crippen LogP contribution in [0.3, 0.4) is 0 Å². The van der Waals surface area contributed by atoms with Crippen LogP contribution in [0.1, 0.15) is 11.1 Å². The van der Waals surface area contributed by atoms with E-state index in [0.29, 0.717) is 5.69 Å². The topological polar surface area (TPSA) is 79.6 Å². The first-order chi connectivity index (χ1) is 12.3. The molecule has 1 amide bonds. The number of carbonyl (C=O) groups excluding carboxylic acids is 1. The van der Waals surface area contributed by atoms with Crippen LogP contribution < -0.4 is 5.32 Å². The summed E-state index contributed by atoms with van der Waals surface area (Å²) in [6.07, 6.45) is 1.77. The summed E-state index contributed by atoms with van der Waals surface area (Å²) in [5.41, 5.74) is 3.20. The lowest BCUT2D eigenvalue weighted by Crippen LogP contribution is -2.22. The molecule has 0 spiro atoms. The van der Waals surface area contributed by atoms with Gasteiger partial charge in [0.15, 0.2) is 0 Å². The Morgan fingerprint density at radius 3 is 2.46 bits per heavy atom. The van der Waals surface area contributed by atoms with E-state index in [1.165, 1.54) is 26.2 Å². The largest absolute Gasteiger partial charge is 0.464 e. The number of aryl methyl sites for hydroxylation is 1. The smallest absolute Gasteiger partial charge is 0.242 e. The van der Waals surface area contributed by atoms with Gasteiger partial charge in [0.2, 0.25) is 15.9 Å². The van der Waals surface area contributed by atoms with E-state index in [2.05, 4.69) is 5.32 Å². The van der Waals surface area contributed by atoms with Crippen molar-refractivity contribution in [2.24, 2.45) is 0 Å². The van der Waals surface area contributed by atoms with E-state index in [1.54, 1.807) is 18.4 Å². The summed E-state index contributed by atoms with van der Waals surface area (Å²) in [6, 6.07) is 11.9. The Hall–Kier alpha value is -2.64. The highest BCUT2D eigenvalue weighted by Crippen LogP contribution is 2.23. The van der Waals surface area contributed by atoms with Gasteiger partial charge in [-0.3, -0.25) is 4.79 Å². The second kappa shape index (κ2) is 6.93. The minimum absolute atomic E-state index is 0.174. The molecule has 0 unspecified atom stereocenters. The second-order valence-corrected chi connectivity index (χ2v) is 8.45. The zero-order valence-electron chi connectivity index (χ0n) is 14.8. The SMILES string of the molecule is Cc1ccc2c(CC(=O)Nc3ccc(S(=O)(=O)N(C)C)cc3)coc2c1. The third-order valence-electron chi connectivity index (χ3n) is 4.08. The first-order valence-electron chi connectivity index (χ1n) is 8.06. The van der Waals surface area contributed by atoms with E-state index in [9.17, 15) is 13.2 Å². The molecule has 0 aliphatic rings. The molecule has 0 radical (unpaired) electrons. The van der Waals surface area contributed by atoms with E-state index >= 15 is 0 Å². The molecular formula is C19H20N2O4S. The van der Waals surface area contributed by atoms with Crippen molar-refractivity contribution < 1.29 is 17.6 Å². The normalized spacial score (nSPS) is 11.8. The minimum atomic E-state index is -3.48. The van der Waals surface area contributed by atoms with E-state index in [1.807, 2.05) is 25.1 Å². The first kappa shape index (κ1) is 18.2. The number of carbonyl (C=O) groups is 1. The lowest BCUT2D eigenvalue weighted by atomic mass is 10.1. The van der Waals surface area contributed by atoms with Gasteiger partial charge in [0.1, 0.15) is 5.58 Å². The highest BCUT2D eigenvalue weighted by molar-refractivity contribution is 7.89. The summed E-state index contributed by atoms with van der Waals surface area (Å²) in [4.78, 5) is 12.5. The van der Waals surface area contributed by atoms with Crippen LogP contribution in [-0.2, 0) is 21.2 Å². The Kier molecular flexibility index (Phi) is 4.84. The maximum atomic E-state index is 12.3. The number of fused-ring (bicyclic) bond motifs is 1. The fourth-order valence-electron chi connectivity index (χ4n) is 2.63. The molecule has 3 rings (SSSR count). The number of hydrogen-bond donors (Lipinski definition) is 1. The van der Waals surface area contributed by atoms with E-state index in [0.717, 1.165) is 26.4 Å². The standard InChI is InChI=1S/C19H20N2O4S/c1-13-4-9-17-14(12-25-18(17)10-13)11-19(22)20-15-5-7-16(8-6-15)26(23,24)21(2)3/h4-10,12H,11H2,1-3H3,(H,20,22). The third-order valence-corrected chi connectivity index (χ3v) is 5.91. The molecule has 0 saturated carbocycles. The summed E-state index contributed by atoms with van der Waals surface area (Å²) < 4.78 is 30.8. The Bertz CT molecular complexity index is 1050. The van der Waals surface area contributed by atoms with E-state index in [-0.39, 0.29) is 17.2 Å². The summed E-state index contributed by atoms with van der Waals surface area (Å²) in [5.74, 6) is -0.198. The molecule has 3 aromatic rings. The van der Waals surface area contributed by atoms with Gasteiger partial charge in [-0.15, -0.1) is 0 Å². The van der Waals surface area contributed by atoms with Crippen molar-refractivity contribution >= 4 is 32.6 Å². The maximum absolute atomic E-state index is 12.3. The molecular weight excluding hydrogens is 352 g/mol. The molecule has 0 aliphatic carbocycles. The highest BCUT2D eigenvalue weighted by atomic mass is 32.2. The Labute approximate surface area is 152 Å². The van der Waals surface area contributed by atoms with Crippen molar-refractivity contribution in [2.75, 3.05) is 19.4 Å². The number of sulfonamides is 1. The molecule has 2 aromatic carbocycles. The van der Waals surface area contributed by atoms with Gasteiger partial charge in [-0.05, 0) is 42.8 Å². The Morgan fingerprint density at radius 2 is 1.81 bits per heavy atom. The molecule has 1 aromatic heterocycles. The molecule has 0 saturated heterocycles. The van der Waals surface area contributed by atoms with Crippen molar-refractivity contribution in [1.29, 1.82) is 0 Å². The zero-order chi connectivity index (χ0) is 18.9. The van der Waals surface area contributed by atoms with Gasteiger partial charge in [0.25, 0.3) is 0 Å². The lowest BCUT2D eigenvalue weighted by Gasteiger charge is -2.12. The zero-order valence-corrected chi connectivity index (χ0v) is 15.6. The van der Waals surface area contributed by atoms with Gasteiger partial charge < -0.3 is 9.73 Å². The number of nitrogens with zero attached hydrogens (tertiary/aromatic N) is 1. The van der Waals surface area contributed by atoms with Gasteiger partial charge in [-0.1, -0.05) is 12.1 Å². The van der Waals surface area contributed by atoms with Gasteiger partial charge in [0, 0.05) is 30.7 Å². The molecule has 26 heavy (non-hydrogen) atoms. The summed E-state index contributed by atoms with van der Waals surface area (Å²) in [5, 5.41) is 3.69. The average Bonchev–Trinajstić information content (AvgIpc) is 2.97. The average molecular weight is 372 g/mol. The van der Waals surface area contributed by atoms with E-state index in [4.69, 9.17) is 4.42 Å². The van der Waals surface area contributed by atoms with Crippen molar-refractivity contribution in [2.45, 2.75) is 18.2 Å². The summed E-state index contributed by atoms with van der Waals surface area (Å²) in [6.45, 7) is 1.98. The summed E-state index contributed by atoms with van der Waals surface area (Å²) in [7, 11) is -0.535. The minimum Gasteiger partial charge on any atom is -0.464 e. The first-order valence-corrected chi connectivity index (χ1v) is 9.50. The molecule has 1 N–H and O–H groups in total. The summed E-state index contributed by atoms with van der Waals surface area (Å²) >= 11 is 0. The number of rotatable bonds is 5. The number of benzene rings is 2. The fraction of sp³-hybridized carbons (Fsp3) is 0.211. The fourth-order valence-corrected chi connectivity index (χ4v) is 3.53. The Balaban J connectivity index is 1.72. The van der Waals surface area contributed by atoms with Crippen LogP contribution in [0.15, 0.2) is 58.0 Å². The molecule has 0 aliphatic heterocycles. The van der Waals surface area contributed by atoms with Crippen molar-refractivity contribution in [3.8, 4) is 0 Å². The van der Waals surface area contributed by atoms with Crippen LogP contribution >= 0.6 is 0 Å². The number of furan rings is 1. The van der Waals surface area contributed by atoms with Gasteiger partial charge >= 0.3 is 0 Å². The number of anilines is 1. The van der Waals surface area contributed by atoms with E-state index < -0.39 is 10.0 Å². The second-order valence-electron chi connectivity index (χ2n) is 6.30. The monoisotopic (exact) mass is 372 g/mol. The van der Waals surface area contributed by atoms with Crippen molar-refractivity contribution in [1.82, 2.24) is 4.31 Å². The molecule has 6 nitrogen and oxygen atoms in total. The highest BCUT2D eigenvalue weighted by Gasteiger charge is 2.17. The predicted molar refractivity (Wildman–Crippen MR) is 101 cm³/mol. The van der Waals surface area contributed by atoms with Gasteiger partial charge in [0.05, 0.1) is 17.6 Å². The number of hydrogen-bond acceptors (Lipinski definition) is 4. The molecule has 136 valence electrons. The van der Waals surface area contributed by atoms with Crippen LogP contribution in [0.4, 0.5) is 5.69 Å².